The molecule has 0 spiro atoms. The van der Waals surface area contributed by atoms with E-state index < -0.39 is 0 Å². The highest BCUT2D eigenvalue weighted by molar-refractivity contribution is 14.0. The lowest BCUT2D eigenvalue weighted by molar-refractivity contribution is 0.0529. The fourth-order valence-corrected chi connectivity index (χ4v) is 4.23. The summed E-state index contributed by atoms with van der Waals surface area (Å²) in [5.41, 5.74) is 4.95. The molecule has 1 saturated heterocycles. The smallest absolute Gasteiger partial charge is 0.191 e. The van der Waals surface area contributed by atoms with Crippen LogP contribution in [0.3, 0.4) is 0 Å². The highest BCUT2D eigenvalue weighted by Gasteiger charge is 2.18. The van der Waals surface area contributed by atoms with Gasteiger partial charge in [-0.15, -0.1) is 24.0 Å². The van der Waals surface area contributed by atoms with Gasteiger partial charge in [-0.25, -0.2) is 9.98 Å². The normalized spacial score (nSPS) is 16.5. The van der Waals surface area contributed by atoms with Crippen molar-refractivity contribution in [2.24, 2.45) is 4.99 Å². The van der Waals surface area contributed by atoms with Gasteiger partial charge in [-0.2, -0.15) is 0 Å². The average Bonchev–Trinajstić information content (AvgIpc) is 3.13. The number of para-hydroxylation sites is 1. The molecule has 1 unspecified atom stereocenters. The summed E-state index contributed by atoms with van der Waals surface area (Å²) in [5, 5.41) is 8.15. The van der Waals surface area contributed by atoms with E-state index in [2.05, 4.69) is 76.6 Å². The molecule has 1 fully saturated rings. The number of aromatic nitrogens is 2. The Morgan fingerprint density at radius 3 is 2.94 bits per heavy atom. The van der Waals surface area contributed by atoms with Crippen LogP contribution in [-0.2, 0) is 17.7 Å². The van der Waals surface area contributed by atoms with Crippen molar-refractivity contribution in [1.82, 2.24) is 20.6 Å². The van der Waals surface area contributed by atoms with Crippen molar-refractivity contribution in [1.29, 1.82) is 0 Å². The Hall–Kier alpha value is -2.33. The van der Waals surface area contributed by atoms with E-state index in [0.29, 0.717) is 6.54 Å². The van der Waals surface area contributed by atoms with Crippen molar-refractivity contribution in [3.05, 3.63) is 59.4 Å². The van der Waals surface area contributed by atoms with E-state index in [4.69, 9.17) is 9.73 Å². The average molecular weight is 563 g/mol. The Balaban J connectivity index is 0.00000306. The number of pyridine rings is 1. The second-order valence-electron chi connectivity index (χ2n) is 8.30. The number of morpholine rings is 1. The summed E-state index contributed by atoms with van der Waals surface area (Å²) in [6.07, 6.45) is 3.05. The van der Waals surface area contributed by atoms with Gasteiger partial charge in [0.1, 0.15) is 5.82 Å². The van der Waals surface area contributed by atoms with Crippen LogP contribution < -0.4 is 15.5 Å². The van der Waals surface area contributed by atoms with Crippen LogP contribution in [0.2, 0.25) is 0 Å². The Morgan fingerprint density at radius 1 is 1.27 bits per heavy atom. The van der Waals surface area contributed by atoms with Crippen molar-refractivity contribution in [2.45, 2.75) is 39.8 Å². The number of rotatable bonds is 7. The van der Waals surface area contributed by atoms with Crippen molar-refractivity contribution in [2.75, 3.05) is 37.7 Å². The Kier molecular flexibility index (Phi) is 9.37. The molecule has 1 aliphatic rings. The lowest BCUT2D eigenvalue weighted by Gasteiger charge is -2.32. The molecule has 7 nitrogen and oxygen atoms in total. The summed E-state index contributed by atoms with van der Waals surface area (Å²) in [4.78, 5) is 15.1. The topological polar surface area (TPSA) is 77.6 Å². The fourth-order valence-electron chi connectivity index (χ4n) is 4.23. The third-order valence-corrected chi connectivity index (χ3v) is 5.83. The molecule has 2 aromatic heterocycles. The number of guanidine groups is 1. The SMILES string of the molecule is CCNC(=NCc1ccnc(N2CCOC(C)C2)c1)NCCc1c(C)[nH]c2ccccc12.I. The summed E-state index contributed by atoms with van der Waals surface area (Å²) in [7, 11) is 0. The molecule has 3 heterocycles. The van der Waals surface area contributed by atoms with Gasteiger partial charge in [-0.1, -0.05) is 18.2 Å². The first kappa shape index (κ1) is 25.3. The van der Waals surface area contributed by atoms with Crippen molar-refractivity contribution < 1.29 is 4.74 Å². The van der Waals surface area contributed by atoms with Gasteiger partial charge in [-0.05, 0) is 56.5 Å². The Morgan fingerprint density at radius 2 is 2.12 bits per heavy atom. The van der Waals surface area contributed by atoms with Gasteiger partial charge in [0.2, 0.25) is 0 Å². The van der Waals surface area contributed by atoms with Crippen LogP contribution in [0.1, 0.15) is 30.7 Å². The number of aryl methyl sites for hydroxylation is 1. The van der Waals surface area contributed by atoms with Crippen LogP contribution in [0.25, 0.3) is 10.9 Å². The standard InChI is InChI=1S/C25H34N6O.HI/c1-4-26-25(28-12-10-21-19(3)30-23-8-6-5-7-22(21)23)29-16-20-9-11-27-24(15-20)31-13-14-32-18(2)17-31;/h5-9,11,15,18,30H,4,10,12-14,16-17H2,1-3H3,(H2,26,28,29);1H. The molecule has 1 aliphatic heterocycles. The number of hydrogen-bond acceptors (Lipinski definition) is 4. The molecule has 3 N–H and O–H groups in total. The number of benzene rings is 1. The molecule has 3 aromatic rings. The Labute approximate surface area is 213 Å². The summed E-state index contributed by atoms with van der Waals surface area (Å²) >= 11 is 0. The van der Waals surface area contributed by atoms with Crippen LogP contribution in [-0.4, -0.2) is 54.8 Å². The second-order valence-corrected chi connectivity index (χ2v) is 8.30. The van der Waals surface area contributed by atoms with Gasteiger partial charge in [0.15, 0.2) is 5.96 Å². The third kappa shape index (κ3) is 6.60. The number of H-pyrrole nitrogens is 1. The van der Waals surface area contributed by atoms with Crippen LogP contribution >= 0.6 is 24.0 Å². The number of aliphatic imine (C=N–C) groups is 1. The van der Waals surface area contributed by atoms with E-state index in [1.807, 2.05) is 12.3 Å². The first-order chi connectivity index (χ1) is 15.6. The van der Waals surface area contributed by atoms with E-state index in [0.717, 1.165) is 56.5 Å². The second kappa shape index (κ2) is 12.2. The number of anilines is 1. The van der Waals surface area contributed by atoms with Crippen molar-refractivity contribution in [3.8, 4) is 0 Å². The van der Waals surface area contributed by atoms with Crippen molar-refractivity contribution in [3.63, 3.8) is 0 Å². The molecular weight excluding hydrogens is 527 g/mol. The van der Waals surface area contributed by atoms with Crippen LogP contribution in [0.15, 0.2) is 47.6 Å². The van der Waals surface area contributed by atoms with E-state index >= 15 is 0 Å². The lowest BCUT2D eigenvalue weighted by atomic mass is 10.1. The summed E-state index contributed by atoms with van der Waals surface area (Å²) in [5.74, 6) is 1.84. The minimum Gasteiger partial charge on any atom is -0.375 e. The van der Waals surface area contributed by atoms with Gasteiger partial charge in [0, 0.05) is 49.0 Å². The van der Waals surface area contributed by atoms with Gasteiger partial charge in [0.05, 0.1) is 19.3 Å². The minimum atomic E-state index is 0. The van der Waals surface area contributed by atoms with Crippen LogP contribution in [0.4, 0.5) is 5.82 Å². The molecule has 1 atom stereocenters. The van der Waals surface area contributed by atoms with Crippen LogP contribution in [0.5, 0.6) is 0 Å². The van der Waals surface area contributed by atoms with E-state index in [-0.39, 0.29) is 30.1 Å². The number of nitrogens with zero attached hydrogens (tertiary/aromatic N) is 3. The molecule has 178 valence electrons. The Bertz CT molecular complexity index is 1070. The zero-order chi connectivity index (χ0) is 22.3. The predicted octanol–water partition coefficient (Wildman–Crippen LogP) is 4.01. The number of halogens is 1. The summed E-state index contributed by atoms with van der Waals surface area (Å²) in [6, 6.07) is 12.7. The van der Waals surface area contributed by atoms with Crippen LogP contribution in [0, 0.1) is 6.92 Å². The predicted molar refractivity (Wildman–Crippen MR) is 147 cm³/mol. The van der Waals surface area contributed by atoms with Gasteiger partial charge >= 0.3 is 0 Å². The first-order valence-corrected chi connectivity index (χ1v) is 11.5. The lowest BCUT2D eigenvalue weighted by Crippen LogP contribution is -2.41. The van der Waals surface area contributed by atoms with Gasteiger partial charge in [0.25, 0.3) is 0 Å². The van der Waals surface area contributed by atoms with Gasteiger partial charge in [-0.3, -0.25) is 0 Å². The molecule has 0 aliphatic carbocycles. The molecule has 1 aromatic carbocycles. The molecule has 0 saturated carbocycles. The maximum absolute atomic E-state index is 5.65. The molecule has 0 bridgehead atoms. The van der Waals surface area contributed by atoms with Crippen molar-refractivity contribution >= 4 is 46.7 Å². The van der Waals surface area contributed by atoms with E-state index in [1.165, 1.54) is 22.2 Å². The highest BCUT2D eigenvalue weighted by atomic mass is 127. The number of fused-ring (bicyclic) bond motifs is 1. The molecule has 4 rings (SSSR count). The number of nitrogens with one attached hydrogen (secondary N) is 3. The number of ether oxygens (including phenoxy) is 1. The largest absolute Gasteiger partial charge is 0.375 e. The number of aromatic amines is 1. The molecule has 0 amide bonds. The molecule has 0 radical (unpaired) electrons. The number of hydrogen-bond donors (Lipinski definition) is 3. The monoisotopic (exact) mass is 562 g/mol. The first-order valence-electron chi connectivity index (χ1n) is 11.5. The summed E-state index contributed by atoms with van der Waals surface area (Å²) < 4.78 is 5.65. The maximum atomic E-state index is 5.65. The van der Waals surface area contributed by atoms with E-state index in [1.54, 1.807) is 0 Å². The van der Waals surface area contributed by atoms with E-state index in [9.17, 15) is 0 Å². The highest BCUT2D eigenvalue weighted by Crippen LogP contribution is 2.22. The fraction of sp³-hybridized carbons (Fsp3) is 0.440. The summed E-state index contributed by atoms with van der Waals surface area (Å²) in [6.45, 7) is 11.1. The molecule has 8 heteroatoms. The zero-order valence-corrected chi connectivity index (χ0v) is 22.1. The minimum absolute atomic E-state index is 0. The van der Waals surface area contributed by atoms with Gasteiger partial charge < -0.3 is 25.3 Å². The third-order valence-electron chi connectivity index (χ3n) is 5.83. The molecule has 33 heavy (non-hydrogen) atoms. The quantitative estimate of drug-likeness (QED) is 0.231. The zero-order valence-electron chi connectivity index (χ0n) is 19.7. The molecular formula is C25H35IN6O. The maximum Gasteiger partial charge on any atom is 0.191 e.